The lowest BCUT2D eigenvalue weighted by Gasteiger charge is -2.41. The topological polar surface area (TPSA) is 62.3 Å². The molecule has 1 saturated carbocycles. The number of nitrogens with one attached hydrogen (secondary N) is 1. The number of amides is 2. The molecule has 2 aromatic rings. The first-order chi connectivity index (χ1) is 15.2. The molecule has 1 aliphatic rings. The van der Waals surface area contributed by atoms with E-state index < -0.39 is 5.54 Å². The molecule has 3 rings (SSSR count). The standard InChI is InChI=1S/C26H34ClN3O2/c1-25(2,3)19-12-14-22(15-13-19)30(23(31)17-27)26(4,20-9-8-16-28-18-20)24(32)29-21-10-6-5-7-11-21/h8-9,12-16,18,21H,5-7,10-11,17H2,1-4H3,(H,29,32). The van der Waals surface area contributed by atoms with E-state index in [9.17, 15) is 9.59 Å². The molecule has 1 unspecified atom stereocenters. The summed E-state index contributed by atoms with van der Waals surface area (Å²) in [4.78, 5) is 32.8. The molecule has 0 bridgehead atoms. The van der Waals surface area contributed by atoms with Crippen molar-refractivity contribution in [1.82, 2.24) is 10.3 Å². The molecule has 6 heteroatoms. The minimum atomic E-state index is -1.29. The number of hydrogen-bond donors (Lipinski definition) is 1. The molecule has 0 aliphatic heterocycles. The van der Waals surface area contributed by atoms with Crippen LogP contribution >= 0.6 is 11.6 Å². The number of carbonyl (C=O) groups excluding carboxylic acids is 2. The van der Waals surface area contributed by atoms with E-state index in [-0.39, 0.29) is 29.2 Å². The van der Waals surface area contributed by atoms with E-state index in [0.717, 1.165) is 31.2 Å². The van der Waals surface area contributed by atoms with Crippen molar-refractivity contribution in [1.29, 1.82) is 0 Å². The molecule has 0 radical (unpaired) electrons. The second-order valence-electron chi connectivity index (χ2n) is 9.78. The molecule has 32 heavy (non-hydrogen) atoms. The molecule has 1 N–H and O–H groups in total. The van der Waals surface area contributed by atoms with Crippen molar-refractivity contribution in [2.45, 2.75) is 76.8 Å². The number of carbonyl (C=O) groups is 2. The smallest absolute Gasteiger partial charge is 0.251 e. The Bertz CT molecular complexity index is 918. The van der Waals surface area contributed by atoms with Crippen molar-refractivity contribution in [3.8, 4) is 0 Å². The zero-order valence-electron chi connectivity index (χ0n) is 19.5. The summed E-state index contributed by atoms with van der Waals surface area (Å²) in [5.41, 5.74) is 1.11. The average Bonchev–Trinajstić information content (AvgIpc) is 2.80. The number of pyridine rings is 1. The van der Waals surface area contributed by atoms with Crippen LogP contribution < -0.4 is 10.2 Å². The van der Waals surface area contributed by atoms with Crippen LogP contribution in [0.3, 0.4) is 0 Å². The van der Waals surface area contributed by atoms with Gasteiger partial charge >= 0.3 is 0 Å². The fraction of sp³-hybridized carbons (Fsp3) is 0.500. The molecule has 2 amide bonds. The van der Waals surface area contributed by atoms with Crippen LogP contribution in [0.4, 0.5) is 5.69 Å². The van der Waals surface area contributed by atoms with Gasteiger partial charge in [0.1, 0.15) is 5.88 Å². The first-order valence-electron chi connectivity index (χ1n) is 11.4. The number of alkyl halides is 1. The molecule has 1 atom stereocenters. The summed E-state index contributed by atoms with van der Waals surface area (Å²) in [6.45, 7) is 8.20. The number of halogens is 1. The number of aromatic nitrogens is 1. The van der Waals surface area contributed by atoms with E-state index in [1.807, 2.05) is 30.3 Å². The van der Waals surface area contributed by atoms with Crippen LogP contribution in [0.1, 0.15) is 70.9 Å². The Hall–Kier alpha value is -2.40. The highest BCUT2D eigenvalue weighted by Gasteiger charge is 2.45. The lowest BCUT2D eigenvalue weighted by molar-refractivity contribution is -0.130. The van der Waals surface area contributed by atoms with Crippen molar-refractivity contribution in [2.24, 2.45) is 0 Å². The second-order valence-corrected chi connectivity index (χ2v) is 10.0. The quantitative estimate of drug-likeness (QED) is 0.600. The fourth-order valence-electron chi connectivity index (χ4n) is 4.41. The van der Waals surface area contributed by atoms with Crippen molar-refractivity contribution >= 4 is 29.1 Å². The van der Waals surface area contributed by atoms with Crippen molar-refractivity contribution in [3.05, 3.63) is 59.9 Å². The predicted octanol–water partition coefficient (Wildman–Crippen LogP) is 5.32. The highest BCUT2D eigenvalue weighted by atomic mass is 35.5. The molecule has 1 aromatic heterocycles. The zero-order chi connectivity index (χ0) is 23.4. The molecule has 0 saturated heterocycles. The maximum absolute atomic E-state index is 13.8. The summed E-state index contributed by atoms with van der Waals surface area (Å²) < 4.78 is 0. The SMILES string of the molecule is CC(C)(C)c1ccc(N(C(=O)CCl)C(C)(C(=O)NC2CCCCC2)c2cccnc2)cc1. The highest BCUT2D eigenvalue weighted by Crippen LogP contribution is 2.35. The Labute approximate surface area is 196 Å². The maximum Gasteiger partial charge on any atom is 0.251 e. The largest absolute Gasteiger partial charge is 0.351 e. The van der Waals surface area contributed by atoms with Gasteiger partial charge in [0.15, 0.2) is 5.54 Å². The van der Waals surface area contributed by atoms with Crippen LogP contribution in [-0.2, 0) is 20.5 Å². The van der Waals surface area contributed by atoms with Gasteiger partial charge in [-0.05, 0) is 48.9 Å². The average molecular weight is 456 g/mol. The van der Waals surface area contributed by atoms with E-state index in [1.165, 1.54) is 11.3 Å². The zero-order valence-corrected chi connectivity index (χ0v) is 20.3. The van der Waals surface area contributed by atoms with Crippen LogP contribution in [-0.4, -0.2) is 28.7 Å². The van der Waals surface area contributed by atoms with Gasteiger partial charge < -0.3 is 5.32 Å². The summed E-state index contributed by atoms with van der Waals surface area (Å²) in [6.07, 6.45) is 8.63. The Morgan fingerprint density at radius 1 is 1.03 bits per heavy atom. The summed E-state index contributed by atoms with van der Waals surface area (Å²) in [5, 5.41) is 3.22. The number of rotatable bonds is 6. The van der Waals surface area contributed by atoms with Gasteiger partial charge in [0.2, 0.25) is 5.91 Å². The second kappa shape index (κ2) is 10.0. The van der Waals surface area contributed by atoms with Crippen molar-refractivity contribution in [3.63, 3.8) is 0 Å². The van der Waals surface area contributed by atoms with Gasteiger partial charge in [0, 0.05) is 29.7 Å². The van der Waals surface area contributed by atoms with Crippen molar-refractivity contribution < 1.29 is 9.59 Å². The summed E-state index contributed by atoms with van der Waals surface area (Å²) in [6, 6.07) is 11.5. The number of benzene rings is 1. The van der Waals surface area contributed by atoms with Crippen molar-refractivity contribution in [2.75, 3.05) is 10.8 Å². The number of anilines is 1. The molecule has 5 nitrogen and oxygen atoms in total. The first kappa shape index (κ1) is 24.2. The third kappa shape index (κ3) is 5.15. The highest BCUT2D eigenvalue weighted by molar-refractivity contribution is 6.30. The summed E-state index contributed by atoms with van der Waals surface area (Å²) in [7, 11) is 0. The van der Waals surface area contributed by atoms with E-state index in [4.69, 9.17) is 11.6 Å². The third-order valence-corrected chi connectivity index (χ3v) is 6.64. The normalized spacial score (nSPS) is 16.8. The summed E-state index contributed by atoms with van der Waals surface area (Å²) in [5.74, 6) is -0.774. The van der Waals surface area contributed by atoms with Gasteiger partial charge in [-0.2, -0.15) is 0 Å². The van der Waals surface area contributed by atoms with Crippen LogP contribution in [0.25, 0.3) is 0 Å². The minimum Gasteiger partial charge on any atom is -0.351 e. The predicted molar refractivity (Wildman–Crippen MR) is 130 cm³/mol. The first-order valence-corrected chi connectivity index (χ1v) is 11.9. The Morgan fingerprint density at radius 2 is 1.69 bits per heavy atom. The van der Waals surface area contributed by atoms with E-state index in [1.54, 1.807) is 25.4 Å². The van der Waals surface area contributed by atoms with E-state index >= 15 is 0 Å². The lowest BCUT2D eigenvalue weighted by atomic mass is 9.85. The molecule has 172 valence electrons. The van der Waals surface area contributed by atoms with Gasteiger partial charge in [0.05, 0.1) is 0 Å². The van der Waals surface area contributed by atoms with Gasteiger partial charge in [-0.15, -0.1) is 11.6 Å². The molecular weight excluding hydrogens is 422 g/mol. The molecule has 1 aliphatic carbocycles. The fourth-order valence-corrected chi connectivity index (χ4v) is 4.53. The number of hydrogen-bond acceptors (Lipinski definition) is 3. The van der Waals surface area contributed by atoms with E-state index in [0.29, 0.717) is 11.3 Å². The van der Waals surface area contributed by atoms with Crippen LogP contribution in [0.15, 0.2) is 48.8 Å². The Morgan fingerprint density at radius 3 is 2.22 bits per heavy atom. The van der Waals surface area contributed by atoms with Gasteiger partial charge in [-0.1, -0.05) is 58.2 Å². The molecule has 1 heterocycles. The molecule has 1 fully saturated rings. The Kier molecular flexibility index (Phi) is 7.60. The van der Waals surface area contributed by atoms with Crippen LogP contribution in [0.2, 0.25) is 0 Å². The summed E-state index contributed by atoms with van der Waals surface area (Å²) >= 11 is 6.05. The van der Waals surface area contributed by atoms with Gasteiger partial charge in [0.25, 0.3) is 5.91 Å². The third-order valence-electron chi connectivity index (χ3n) is 6.41. The lowest BCUT2D eigenvalue weighted by Crippen LogP contribution is -2.59. The van der Waals surface area contributed by atoms with Crippen LogP contribution in [0.5, 0.6) is 0 Å². The minimum absolute atomic E-state index is 0.0230. The number of nitrogens with zero attached hydrogens (tertiary/aromatic N) is 2. The molecule has 1 aromatic carbocycles. The maximum atomic E-state index is 13.8. The van der Waals surface area contributed by atoms with Gasteiger partial charge in [-0.3, -0.25) is 19.5 Å². The molecular formula is C26H34ClN3O2. The Balaban J connectivity index is 2.08. The van der Waals surface area contributed by atoms with E-state index in [2.05, 4.69) is 31.1 Å². The monoisotopic (exact) mass is 455 g/mol. The van der Waals surface area contributed by atoms with Gasteiger partial charge in [-0.25, -0.2) is 0 Å². The van der Waals surface area contributed by atoms with Crippen LogP contribution in [0, 0.1) is 0 Å². The molecule has 0 spiro atoms.